The number of carbonyl (C=O) groups excluding carboxylic acids is 1. The van der Waals surface area contributed by atoms with E-state index in [2.05, 4.69) is 43.4 Å². The highest BCUT2D eigenvalue weighted by atomic mass is 127. The molecule has 1 rings (SSSR count). The van der Waals surface area contributed by atoms with Gasteiger partial charge in [0.1, 0.15) is 0 Å². The summed E-state index contributed by atoms with van der Waals surface area (Å²) in [5.41, 5.74) is 0.676. The SMILES string of the molecule is CCCCCN(C(=O)c1ccc(I)c(Cl)c1)C(C)C. The smallest absolute Gasteiger partial charge is 0.254 e. The lowest BCUT2D eigenvalue weighted by Gasteiger charge is -2.27. The van der Waals surface area contributed by atoms with Gasteiger partial charge < -0.3 is 4.90 Å². The number of amides is 1. The van der Waals surface area contributed by atoms with Crippen molar-refractivity contribution in [1.29, 1.82) is 0 Å². The van der Waals surface area contributed by atoms with E-state index in [1.165, 1.54) is 0 Å². The van der Waals surface area contributed by atoms with Crippen LogP contribution in [0.3, 0.4) is 0 Å². The minimum Gasteiger partial charge on any atom is -0.336 e. The largest absolute Gasteiger partial charge is 0.336 e. The van der Waals surface area contributed by atoms with Crippen molar-refractivity contribution in [3.63, 3.8) is 0 Å². The molecule has 0 saturated carbocycles. The molecule has 1 amide bonds. The second-order valence-corrected chi connectivity index (χ2v) is 6.50. The zero-order valence-corrected chi connectivity index (χ0v) is 14.7. The third kappa shape index (κ3) is 4.95. The van der Waals surface area contributed by atoms with Crippen molar-refractivity contribution in [2.45, 2.75) is 46.1 Å². The second-order valence-electron chi connectivity index (χ2n) is 4.93. The molecule has 0 aliphatic carbocycles. The average molecular weight is 394 g/mol. The van der Waals surface area contributed by atoms with Gasteiger partial charge in [0.15, 0.2) is 0 Å². The minimum atomic E-state index is 0.0735. The van der Waals surface area contributed by atoms with E-state index in [-0.39, 0.29) is 11.9 Å². The first kappa shape index (κ1) is 16.8. The zero-order chi connectivity index (χ0) is 14.4. The van der Waals surface area contributed by atoms with Gasteiger partial charge in [-0.25, -0.2) is 0 Å². The van der Waals surface area contributed by atoms with Crippen LogP contribution in [0.4, 0.5) is 0 Å². The van der Waals surface area contributed by atoms with Crippen LogP contribution in [0.25, 0.3) is 0 Å². The Morgan fingerprint density at radius 3 is 2.58 bits per heavy atom. The molecule has 0 bridgehead atoms. The molecule has 19 heavy (non-hydrogen) atoms. The molecular formula is C15H21ClINO. The summed E-state index contributed by atoms with van der Waals surface area (Å²) in [5, 5.41) is 0.642. The summed E-state index contributed by atoms with van der Waals surface area (Å²) < 4.78 is 0.970. The minimum absolute atomic E-state index is 0.0735. The Labute approximate surface area is 134 Å². The van der Waals surface area contributed by atoms with Gasteiger partial charge in [0, 0.05) is 21.7 Å². The normalized spacial score (nSPS) is 10.8. The van der Waals surface area contributed by atoms with Crippen molar-refractivity contribution in [2.24, 2.45) is 0 Å². The first-order valence-electron chi connectivity index (χ1n) is 6.73. The summed E-state index contributed by atoms with van der Waals surface area (Å²) in [5.74, 6) is 0.0735. The van der Waals surface area contributed by atoms with E-state index in [9.17, 15) is 4.79 Å². The molecule has 0 aliphatic rings. The van der Waals surface area contributed by atoms with Crippen molar-refractivity contribution in [1.82, 2.24) is 4.90 Å². The van der Waals surface area contributed by atoms with Crippen LogP contribution in [0.15, 0.2) is 18.2 Å². The molecule has 0 aliphatic heterocycles. The van der Waals surface area contributed by atoms with Gasteiger partial charge >= 0.3 is 0 Å². The van der Waals surface area contributed by atoms with Gasteiger partial charge in [-0.15, -0.1) is 0 Å². The van der Waals surface area contributed by atoms with Gasteiger partial charge in [0.2, 0.25) is 0 Å². The van der Waals surface area contributed by atoms with E-state index in [4.69, 9.17) is 11.6 Å². The van der Waals surface area contributed by atoms with Crippen molar-refractivity contribution in [3.05, 3.63) is 32.4 Å². The van der Waals surface area contributed by atoms with Gasteiger partial charge in [-0.2, -0.15) is 0 Å². The average Bonchev–Trinajstić information content (AvgIpc) is 2.37. The standard InChI is InChI=1S/C15H21ClINO/c1-4-5-6-9-18(11(2)3)15(19)12-7-8-14(17)13(16)10-12/h7-8,10-11H,4-6,9H2,1-3H3. The van der Waals surface area contributed by atoms with Crippen molar-refractivity contribution >= 4 is 40.1 Å². The number of carbonyl (C=O) groups is 1. The number of halogens is 2. The maximum Gasteiger partial charge on any atom is 0.254 e. The number of unbranched alkanes of at least 4 members (excludes halogenated alkanes) is 2. The fraction of sp³-hybridized carbons (Fsp3) is 0.533. The number of hydrogen-bond donors (Lipinski definition) is 0. The van der Waals surface area contributed by atoms with Crippen LogP contribution in [-0.2, 0) is 0 Å². The highest BCUT2D eigenvalue weighted by molar-refractivity contribution is 14.1. The first-order chi connectivity index (χ1) is 8.97. The van der Waals surface area contributed by atoms with E-state index in [0.717, 1.165) is 29.4 Å². The van der Waals surface area contributed by atoms with Crippen LogP contribution in [0.1, 0.15) is 50.4 Å². The Balaban J connectivity index is 2.83. The van der Waals surface area contributed by atoms with Crippen LogP contribution >= 0.6 is 34.2 Å². The molecule has 106 valence electrons. The summed E-state index contributed by atoms with van der Waals surface area (Å²) in [4.78, 5) is 14.4. The first-order valence-corrected chi connectivity index (χ1v) is 8.19. The Kier molecular flexibility index (Phi) is 7.15. The van der Waals surface area contributed by atoms with E-state index in [0.29, 0.717) is 10.6 Å². The molecule has 0 radical (unpaired) electrons. The van der Waals surface area contributed by atoms with Crippen molar-refractivity contribution < 1.29 is 4.79 Å². The summed E-state index contributed by atoms with van der Waals surface area (Å²) in [7, 11) is 0. The fourth-order valence-corrected chi connectivity index (χ4v) is 2.44. The van der Waals surface area contributed by atoms with Crippen LogP contribution in [0.2, 0.25) is 5.02 Å². The zero-order valence-electron chi connectivity index (χ0n) is 11.7. The molecule has 0 aromatic heterocycles. The Hall–Kier alpha value is -0.290. The van der Waals surface area contributed by atoms with Crippen LogP contribution < -0.4 is 0 Å². The molecule has 1 aromatic rings. The third-order valence-electron chi connectivity index (χ3n) is 3.05. The van der Waals surface area contributed by atoms with Gasteiger partial charge in [0.05, 0.1) is 5.02 Å². The van der Waals surface area contributed by atoms with E-state index >= 15 is 0 Å². The number of nitrogens with zero attached hydrogens (tertiary/aromatic N) is 1. The molecule has 4 heteroatoms. The molecule has 2 nitrogen and oxygen atoms in total. The molecule has 0 heterocycles. The summed E-state index contributed by atoms with van der Waals surface area (Å²) in [6.45, 7) is 7.09. The summed E-state index contributed by atoms with van der Waals surface area (Å²) in [6.07, 6.45) is 3.37. The molecule has 0 atom stereocenters. The van der Waals surface area contributed by atoms with Crippen molar-refractivity contribution in [2.75, 3.05) is 6.54 Å². The van der Waals surface area contributed by atoms with Crippen LogP contribution in [0.5, 0.6) is 0 Å². The molecule has 0 N–H and O–H groups in total. The molecular weight excluding hydrogens is 373 g/mol. The Morgan fingerprint density at radius 2 is 2.05 bits per heavy atom. The quantitative estimate of drug-likeness (QED) is 0.493. The lowest BCUT2D eigenvalue weighted by atomic mass is 10.1. The van der Waals surface area contributed by atoms with E-state index in [1.807, 2.05) is 17.0 Å². The fourth-order valence-electron chi connectivity index (χ4n) is 1.92. The molecule has 1 aromatic carbocycles. The topological polar surface area (TPSA) is 20.3 Å². The predicted molar refractivity (Wildman–Crippen MR) is 89.9 cm³/mol. The summed E-state index contributed by atoms with van der Waals surface area (Å²) in [6, 6.07) is 5.72. The highest BCUT2D eigenvalue weighted by Gasteiger charge is 2.18. The van der Waals surface area contributed by atoms with Crippen molar-refractivity contribution in [3.8, 4) is 0 Å². The predicted octanol–water partition coefficient (Wildman–Crippen LogP) is 4.99. The maximum absolute atomic E-state index is 12.5. The Morgan fingerprint density at radius 1 is 1.37 bits per heavy atom. The van der Waals surface area contributed by atoms with Gasteiger partial charge in [-0.1, -0.05) is 31.4 Å². The van der Waals surface area contributed by atoms with Gasteiger partial charge in [-0.05, 0) is 61.1 Å². The lowest BCUT2D eigenvalue weighted by Crippen LogP contribution is -2.37. The third-order valence-corrected chi connectivity index (χ3v) is 4.63. The van der Waals surface area contributed by atoms with Gasteiger partial charge in [-0.3, -0.25) is 4.79 Å². The van der Waals surface area contributed by atoms with Crippen LogP contribution in [0, 0.1) is 3.57 Å². The molecule has 0 spiro atoms. The maximum atomic E-state index is 12.5. The Bertz CT molecular complexity index is 434. The number of hydrogen-bond acceptors (Lipinski definition) is 1. The lowest BCUT2D eigenvalue weighted by molar-refractivity contribution is 0.0702. The number of benzene rings is 1. The van der Waals surface area contributed by atoms with Gasteiger partial charge in [0.25, 0.3) is 5.91 Å². The monoisotopic (exact) mass is 393 g/mol. The second kappa shape index (κ2) is 8.10. The molecule has 0 fully saturated rings. The van der Waals surface area contributed by atoms with E-state index in [1.54, 1.807) is 6.07 Å². The number of rotatable bonds is 6. The van der Waals surface area contributed by atoms with E-state index < -0.39 is 0 Å². The summed E-state index contributed by atoms with van der Waals surface area (Å²) >= 11 is 8.26. The van der Waals surface area contributed by atoms with Crippen LogP contribution in [-0.4, -0.2) is 23.4 Å². The molecule has 0 unspecified atom stereocenters. The highest BCUT2D eigenvalue weighted by Crippen LogP contribution is 2.21. The molecule has 0 saturated heterocycles.